The predicted octanol–water partition coefficient (Wildman–Crippen LogP) is 4.02. The van der Waals surface area contributed by atoms with Gasteiger partial charge >= 0.3 is 0 Å². The number of sulfonamides is 1. The fourth-order valence-electron chi connectivity index (χ4n) is 2.91. The summed E-state index contributed by atoms with van der Waals surface area (Å²) in [5.41, 5.74) is 2.00. The Bertz CT molecular complexity index is 816. The Hall–Kier alpha value is -1.40. The highest BCUT2D eigenvalue weighted by Crippen LogP contribution is 2.26. The molecule has 2 aromatic carbocycles. The fraction of sp³-hybridized carbons (Fsp3) is 0.368. The van der Waals surface area contributed by atoms with E-state index in [0.717, 1.165) is 11.1 Å². The second-order valence-electron chi connectivity index (χ2n) is 6.31. The summed E-state index contributed by atoms with van der Waals surface area (Å²) in [6, 6.07) is 14.9. The van der Waals surface area contributed by atoms with Gasteiger partial charge in [0.05, 0.1) is 17.6 Å². The van der Waals surface area contributed by atoms with Gasteiger partial charge in [-0.15, -0.1) is 0 Å². The maximum atomic E-state index is 12.8. The normalized spacial score (nSPS) is 16.9. The molecular formula is C19H22ClNO3S. The fourth-order valence-corrected chi connectivity index (χ4v) is 4.65. The molecule has 1 heterocycles. The van der Waals surface area contributed by atoms with Crippen LogP contribution in [-0.4, -0.2) is 31.9 Å². The monoisotopic (exact) mass is 379 g/mol. The van der Waals surface area contributed by atoms with Crippen LogP contribution < -0.4 is 0 Å². The first kappa shape index (κ1) is 18.4. The number of piperidine rings is 1. The Morgan fingerprint density at radius 2 is 1.80 bits per heavy atom. The van der Waals surface area contributed by atoms with Crippen molar-refractivity contribution in [3.05, 3.63) is 64.7 Å². The average Bonchev–Trinajstić information content (AvgIpc) is 2.63. The summed E-state index contributed by atoms with van der Waals surface area (Å²) in [5, 5.41) is 0.474. The molecule has 0 aliphatic carbocycles. The van der Waals surface area contributed by atoms with Gasteiger partial charge in [-0.3, -0.25) is 0 Å². The molecule has 0 saturated carbocycles. The second-order valence-corrected chi connectivity index (χ2v) is 8.66. The first-order valence-corrected chi connectivity index (χ1v) is 10.2. The molecule has 0 radical (unpaired) electrons. The van der Waals surface area contributed by atoms with Gasteiger partial charge < -0.3 is 4.74 Å². The molecule has 134 valence electrons. The molecule has 6 heteroatoms. The number of ether oxygens (including phenoxy) is 1. The molecule has 0 N–H and O–H groups in total. The van der Waals surface area contributed by atoms with Gasteiger partial charge in [0.1, 0.15) is 0 Å². The number of hydrogen-bond acceptors (Lipinski definition) is 3. The molecule has 1 saturated heterocycles. The molecule has 1 fully saturated rings. The van der Waals surface area contributed by atoms with Gasteiger partial charge in [-0.1, -0.05) is 48.0 Å². The molecule has 2 aromatic rings. The van der Waals surface area contributed by atoms with E-state index in [1.165, 1.54) is 10.4 Å². The van der Waals surface area contributed by atoms with E-state index in [9.17, 15) is 8.42 Å². The van der Waals surface area contributed by atoms with E-state index in [0.29, 0.717) is 37.6 Å². The number of rotatable bonds is 5. The Morgan fingerprint density at radius 1 is 1.12 bits per heavy atom. The highest BCUT2D eigenvalue weighted by Gasteiger charge is 2.30. The number of nitrogens with zero attached hydrogens (tertiary/aromatic N) is 1. The first-order chi connectivity index (χ1) is 12.0. The predicted molar refractivity (Wildman–Crippen MR) is 99.2 cm³/mol. The van der Waals surface area contributed by atoms with E-state index >= 15 is 0 Å². The minimum Gasteiger partial charge on any atom is -0.373 e. The molecule has 1 aliphatic rings. The van der Waals surface area contributed by atoms with Gasteiger partial charge in [-0.05, 0) is 43.0 Å². The van der Waals surface area contributed by atoms with Gasteiger partial charge in [0, 0.05) is 18.1 Å². The molecule has 3 rings (SSSR count). The maximum Gasteiger partial charge on any atom is 0.243 e. The van der Waals surface area contributed by atoms with Crippen LogP contribution in [0.15, 0.2) is 53.4 Å². The molecule has 4 nitrogen and oxygen atoms in total. The number of halogens is 1. The standard InChI is InChI=1S/C19H22ClNO3S/c1-15-7-8-18(13-19(15)20)25(22,23)21-11-9-17(10-12-21)24-14-16-5-3-2-4-6-16/h2-8,13,17H,9-12,14H2,1H3. The molecule has 0 aromatic heterocycles. The Labute approximate surface area is 154 Å². The molecular weight excluding hydrogens is 358 g/mol. The van der Waals surface area contributed by atoms with Crippen LogP contribution >= 0.6 is 11.6 Å². The van der Waals surface area contributed by atoms with Crippen LogP contribution in [0, 0.1) is 6.92 Å². The van der Waals surface area contributed by atoms with Gasteiger partial charge in [-0.25, -0.2) is 8.42 Å². The number of hydrogen-bond donors (Lipinski definition) is 0. The second kappa shape index (κ2) is 7.87. The Balaban J connectivity index is 1.58. The molecule has 1 aliphatic heterocycles. The molecule has 0 amide bonds. The molecule has 0 bridgehead atoms. The molecule has 25 heavy (non-hydrogen) atoms. The zero-order chi connectivity index (χ0) is 17.9. The van der Waals surface area contributed by atoms with Crippen molar-refractivity contribution in [3.8, 4) is 0 Å². The quantitative estimate of drug-likeness (QED) is 0.788. The van der Waals surface area contributed by atoms with Crippen LogP contribution in [-0.2, 0) is 21.4 Å². The SMILES string of the molecule is Cc1ccc(S(=O)(=O)N2CCC(OCc3ccccc3)CC2)cc1Cl. The van der Waals surface area contributed by atoms with Gasteiger partial charge in [-0.2, -0.15) is 4.31 Å². The van der Waals surface area contributed by atoms with Crippen molar-refractivity contribution in [2.24, 2.45) is 0 Å². The summed E-state index contributed by atoms with van der Waals surface area (Å²) < 4.78 is 33.0. The van der Waals surface area contributed by atoms with Crippen LogP contribution in [0.1, 0.15) is 24.0 Å². The van der Waals surface area contributed by atoms with Crippen molar-refractivity contribution in [1.29, 1.82) is 0 Å². The lowest BCUT2D eigenvalue weighted by atomic mass is 10.1. The van der Waals surface area contributed by atoms with Crippen molar-refractivity contribution in [2.75, 3.05) is 13.1 Å². The van der Waals surface area contributed by atoms with E-state index in [-0.39, 0.29) is 11.0 Å². The first-order valence-electron chi connectivity index (χ1n) is 8.38. The Kier molecular flexibility index (Phi) is 5.79. The summed E-state index contributed by atoms with van der Waals surface area (Å²) in [7, 11) is -3.50. The molecule has 0 spiro atoms. The topological polar surface area (TPSA) is 46.6 Å². The Morgan fingerprint density at radius 3 is 2.44 bits per heavy atom. The van der Waals surface area contributed by atoms with Crippen molar-refractivity contribution >= 4 is 21.6 Å². The van der Waals surface area contributed by atoms with E-state index in [1.54, 1.807) is 12.1 Å². The van der Waals surface area contributed by atoms with Gasteiger partial charge in [0.15, 0.2) is 0 Å². The van der Waals surface area contributed by atoms with Crippen molar-refractivity contribution in [2.45, 2.75) is 37.4 Å². The summed E-state index contributed by atoms with van der Waals surface area (Å²) in [6.45, 7) is 3.35. The zero-order valence-electron chi connectivity index (χ0n) is 14.2. The number of benzene rings is 2. The summed E-state index contributed by atoms with van der Waals surface area (Å²) in [4.78, 5) is 0.256. The van der Waals surface area contributed by atoms with Crippen molar-refractivity contribution in [1.82, 2.24) is 4.31 Å². The van der Waals surface area contributed by atoms with Crippen molar-refractivity contribution in [3.63, 3.8) is 0 Å². The third-order valence-electron chi connectivity index (χ3n) is 4.51. The van der Waals surface area contributed by atoms with Crippen LogP contribution in [0.4, 0.5) is 0 Å². The average molecular weight is 380 g/mol. The summed E-state index contributed by atoms with van der Waals surface area (Å²) in [6.07, 6.45) is 1.49. The number of aryl methyl sites for hydroxylation is 1. The third kappa shape index (κ3) is 4.42. The van der Waals surface area contributed by atoms with Gasteiger partial charge in [0.2, 0.25) is 10.0 Å². The van der Waals surface area contributed by atoms with Crippen LogP contribution in [0.5, 0.6) is 0 Å². The summed E-state index contributed by atoms with van der Waals surface area (Å²) >= 11 is 6.08. The smallest absolute Gasteiger partial charge is 0.243 e. The largest absolute Gasteiger partial charge is 0.373 e. The van der Waals surface area contributed by atoms with Crippen LogP contribution in [0.25, 0.3) is 0 Å². The minimum absolute atomic E-state index is 0.0910. The lowest BCUT2D eigenvalue weighted by molar-refractivity contribution is 0.0102. The van der Waals surface area contributed by atoms with E-state index < -0.39 is 10.0 Å². The van der Waals surface area contributed by atoms with Gasteiger partial charge in [0.25, 0.3) is 0 Å². The lowest BCUT2D eigenvalue weighted by Gasteiger charge is -2.31. The van der Waals surface area contributed by atoms with Crippen LogP contribution in [0.2, 0.25) is 5.02 Å². The van der Waals surface area contributed by atoms with E-state index in [2.05, 4.69) is 0 Å². The third-order valence-corrected chi connectivity index (χ3v) is 6.81. The zero-order valence-corrected chi connectivity index (χ0v) is 15.8. The lowest BCUT2D eigenvalue weighted by Crippen LogP contribution is -2.40. The van der Waals surface area contributed by atoms with Crippen molar-refractivity contribution < 1.29 is 13.2 Å². The minimum atomic E-state index is -3.50. The highest BCUT2D eigenvalue weighted by molar-refractivity contribution is 7.89. The van der Waals surface area contributed by atoms with Crippen LogP contribution in [0.3, 0.4) is 0 Å². The van der Waals surface area contributed by atoms with E-state index in [4.69, 9.17) is 16.3 Å². The molecule has 0 unspecified atom stereocenters. The highest BCUT2D eigenvalue weighted by atomic mass is 35.5. The maximum absolute atomic E-state index is 12.8. The summed E-state index contributed by atoms with van der Waals surface area (Å²) in [5.74, 6) is 0. The van der Waals surface area contributed by atoms with E-state index in [1.807, 2.05) is 37.3 Å². The molecule has 0 atom stereocenters.